The summed E-state index contributed by atoms with van der Waals surface area (Å²) in [5.74, 6) is -5.00. The highest BCUT2D eigenvalue weighted by atomic mass is 19.2. The summed E-state index contributed by atoms with van der Waals surface area (Å²) in [6, 6.07) is 1.34. The van der Waals surface area contributed by atoms with Crippen molar-refractivity contribution < 1.29 is 23.1 Å². The van der Waals surface area contributed by atoms with Gasteiger partial charge in [-0.25, -0.2) is 13.2 Å². The van der Waals surface area contributed by atoms with E-state index in [2.05, 4.69) is 0 Å². The molecule has 1 unspecified atom stereocenters. The third-order valence-electron chi connectivity index (χ3n) is 3.19. The highest BCUT2D eigenvalue weighted by Crippen LogP contribution is 2.23. The van der Waals surface area contributed by atoms with Gasteiger partial charge < -0.3 is 10.0 Å². The number of carbonyl (C=O) groups excluding carboxylic acids is 1. The second kappa shape index (κ2) is 4.85. The average molecular weight is 273 g/mol. The van der Waals surface area contributed by atoms with Crippen LogP contribution >= 0.6 is 0 Å². The van der Waals surface area contributed by atoms with Gasteiger partial charge in [0.25, 0.3) is 5.91 Å². The fourth-order valence-corrected chi connectivity index (χ4v) is 2.25. The molecule has 1 aromatic rings. The Hall–Kier alpha value is -1.56. The van der Waals surface area contributed by atoms with E-state index in [1.807, 2.05) is 0 Å². The van der Waals surface area contributed by atoms with E-state index in [4.69, 9.17) is 0 Å². The molecule has 1 fully saturated rings. The van der Waals surface area contributed by atoms with Crippen molar-refractivity contribution >= 4 is 5.91 Å². The van der Waals surface area contributed by atoms with Gasteiger partial charge in [-0.2, -0.15) is 0 Å². The molecule has 104 valence electrons. The predicted molar refractivity (Wildman–Crippen MR) is 62.1 cm³/mol. The largest absolute Gasteiger partial charge is 0.388 e. The number of hydrogen-bond acceptors (Lipinski definition) is 2. The molecule has 1 aliphatic rings. The monoisotopic (exact) mass is 273 g/mol. The molecular formula is C13H14F3NO2. The van der Waals surface area contributed by atoms with Crippen LogP contribution in [0.4, 0.5) is 13.2 Å². The van der Waals surface area contributed by atoms with Crippen LogP contribution in [0, 0.1) is 17.5 Å². The first kappa shape index (κ1) is 13.9. The van der Waals surface area contributed by atoms with Gasteiger partial charge in [-0.1, -0.05) is 0 Å². The molecular weight excluding hydrogens is 259 g/mol. The SMILES string of the molecule is CC1(O)CCCN(C(=O)c2cc(F)c(F)c(F)c2)C1. The summed E-state index contributed by atoms with van der Waals surface area (Å²) < 4.78 is 39.0. The van der Waals surface area contributed by atoms with Crippen LogP contribution < -0.4 is 0 Å². The maximum atomic E-state index is 13.1. The normalized spacial score (nSPS) is 23.5. The van der Waals surface area contributed by atoms with Crippen molar-refractivity contribution in [3.63, 3.8) is 0 Å². The maximum absolute atomic E-state index is 13.1. The summed E-state index contributed by atoms with van der Waals surface area (Å²) in [5.41, 5.74) is -1.26. The lowest BCUT2D eigenvalue weighted by atomic mass is 9.94. The van der Waals surface area contributed by atoms with E-state index >= 15 is 0 Å². The number of likely N-dealkylation sites (tertiary alicyclic amines) is 1. The summed E-state index contributed by atoms with van der Waals surface area (Å²) >= 11 is 0. The van der Waals surface area contributed by atoms with Crippen molar-refractivity contribution in [3.05, 3.63) is 35.1 Å². The number of nitrogens with zero attached hydrogens (tertiary/aromatic N) is 1. The minimum Gasteiger partial charge on any atom is -0.388 e. The van der Waals surface area contributed by atoms with Gasteiger partial charge in [0.05, 0.1) is 5.60 Å². The van der Waals surface area contributed by atoms with Crippen molar-refractivity contribution in [1.29, 1.82) is 0 Å². The molecule has 1 aromatic carbocycles. The van der Waals surface area contributed by atoms with E-state index < -0.39 is 29.0 Å². The first-order valence-corrected chi connectivity index (χ1v) is 5.96. The number of rotatable bonds is 1. The van der Waals surface area contributed by atoms with Gasteiger partial charge in [0.15, 0.2) is 17.5 Å². The average Bonchev–Trinajstić information content (AvgIpc) is 2.33. The van der Waals surface area contributed by atoms with Crippen molar-refractivity contribution in [3.8, 4) is 0 Å². The first-order chi connectivity index (χ1) is 8.80. The third kappa shape index (κ3) is 2.89. The van der Waals surface area contributed by atoms with E-state index in [1.54, 1.807) is 6.92 Å². The summed E-state index contributed by atoms with van der Waals surface area (Å²) in [5, 5.41) is 9.89. The number of carbonyl (C=O) groups is 1. The first-order valence-electron chi connectivity index (χ1n) is 5.96. The summed E-state index contributed by atoms with van der Waals surface area (Å²) in [6.07, 6.45) is 1.16. The van der Waals surface area contributed by atoms with Crippen LogP contribution in [-0.2, 0) is 0 Å². The molecule has 2 rings (SSSR count). The molecule has 0 spiro atoms. The van der Waals surface area contributed by atoms with Crippen molar-refractivity contribution in [2.75, 3.05) is 13.1 Å². The van der Waals surface area contributed by atoms with E-state index in [-0.39, 0.29) is 12.1 Å². The highest BCUT2D eigenvalue weighted by Gasteiger charge is 2.31. The Morgan fingerprint density at radius 1 is 1.32 bits per heavy atom. The third-order valence-corrected chi connectivity index (χ3v) is 3.19. The highest BCUT2D eigenvalue weighted by molar-refractivity contribution is 5.94. The van der Waals surface area contributed by atoms with Gasteiger partial charge in [-0.15, -0.1) is 0 Å². The van der Waals surface area contributed by atoms with Crippen molar-refractivity contribution in [2.45, 2.75) is 25.4 Å². The molecule has 1 aliphatic heterocycles. The van der Waals surface area contributed by atoms with Gasteiger partial charge in [-0.3, -0.25) is 4.79 Å². The molecule has 0 aliphatic carbocycles. The van der Waals surface area contributed by atoms with Crippen LogP contribution in [-0.4, -0.2) is 34.6 Å². The number of halogens is 3. The lowest BCUT2D eigenvalue weighted by Crippen LogP contribution is -2.48. The maximum Gasteiger partial charge on any atom is 0.254 e. The molecule has 19 heavy (non-hydrogen) atoms. The molecule has 1 amide bonds. The molecule has 0 saturated carbocycles. The summed E-state index contributed by atoms with van der Waals surface area (Å²) in [4.78, 5) is 13.4. The Bertz CT molecular complexity index is 494. The Morgan fingerprint density at radius 3 is 2.42 bits per heavy atom. The summed E-state index contributed by atoms with van der Waals surface area (Å²) in [7, 11) is 0. The molecule has 0 aromatic heterocycles. The number of aliphatic hydroxyl groups is 1. The Kier molecular flexibility index (Phi) is 3.54. The minimum absolute atomic E-state index is 0.0897. The summed E-state index contributed by atoms with van der Waals surface area (Å²) in [6.45, 7) is 2.08. The van der Waals surface area contributed by atoms with Crippen LogP contribution in [0.1, 0.15) is 30.1 Å². The fraction of sp³-hybridized carbons (Fsp3) is 0.462. The van der Waals surface area contributed by atoms with Crippen molar-refractivity contribution in [1.82, 2.24) is 4.90 Å². The number of benzene rings is 1. The molecule has 1 saturated heterocycles. The molecule has 0 radical (unpaired) electrons. The zero-order valence-electron chi connectivity index (χ0n) is 10.4. The fourth-order valence-electron chi connectivity index (χ4n) is 2.25. The van der Waals surface area contributed by atoms with Crippen LogP contribution in [0.5, 0.6) is 0 Å². The van der Waals surface area contributed by atoms with Crippen LogP contribution in [0.2, 0.25) is 0 Å². The zero-order chi connectivity index (χ0) is 14.2. The zero-order valence-corrected chi connectivity index (χ0v) is 10.4. The van der Waals surface area contributed by atoms with Crippen LogP contribution in [0.25, 0.3) is 0 Å². The molecule has 1 atom stereocenters. The lowest BCUT2D eigenvalue weighted by Gasteiger charge is -2.36. The van der Waals surface area contributed by atoms with Gasteiger partial charge in [0, 0.05) is 18.7 Å². The molecule has 1 N–H and O–H groups in total. The quantitative estimate of drug-likeness (QED) is 0.796. The molecule has 6 heteroatoms. The number of amides is 1. The van der Waals surface area contributed by atoms with E-state index in [9.17, 15) is 23.1 Å². The van der Waals surface area contributed by atoms with Gasteiger partial charge in [0.2, 0.25) is 0 Å². The van der Waals surface area contributed by atoms with Crippen LogP contribution in [0.3, 0.4) is 0 Å². The molecule has 1 heterocycles. The lowest BCUT2D eigenvalue weighted by molar-refractivity contribution is -0.0107. The van der Waals surface area contributed by atoms with E-state index in [1.165, 1.54) is 4.90 Å². The Morgan fingerprint density at radius 2 is 1.89 bits per heavy atom. The topological polar surface area (TPSA) is 40.5 Å². The second-order valence-corrected chi connectivity index (χ2v) is 5.08. The van der Waals surface area contributed by atoms with Crippen molar-refractivity contribution in [2.24, 2.45) is 0 Å². The van der Waals surface area contributed by atoms with Gasteiger partial charge in [-0.05, 0) is 31.9 Å². The number of piperidine rings is 1. The van der Waals surface area contributed by atoms with Gasteiger partial charge in [0.1, 0.15) is 0 Å². The number of β-amino-alcohol motifs (C(OH)–C–C–N with tert-alkyl or cyclic N) is 1. The smallest absolute Gasteiger partial charge is 0.254 e. The second-order valence-electron chi connectivity index (χ2n) is 5.08. The Labute approximate surface area is 108 Å². The Balaban J connectivity index is 2.25. The van der Waals surface area contributed by atoms with Crippen LogP contribution in [0.15, 0.2) is 12.1 Å². The minimum atomic E-state index is -1.60. The number of hydrogen-bond donors (Lipinski definition) is 1. The molecule has 3 nitrogen and oxygen atoms in total. The molecule has 0 bridgehead atoms. The standard InChI is InChI=1S/C13H14F3NO2/c1-13(19)3-2-4-17(7-13)12(18)8-5-9(14)11(16)10(15)6-8/h5-6,19H,2-4,7H2,1H3. The van der Waals surface area contributed by atoms with Gasteiger partial charge >= 0.3 is 0 Å². The predicted octanol–water partition coefficient (Wildman–Crippen LogP) is 2.09. The van der Waals surface area contributed by atoms with E-state index in [0.717, 1.165) is 0 Å². The van der Waals surface area contributed by atoms with E-state index in [0.29, 0.717) is 31.5 Å².